The first-order valence-electron chi connectivity index (χ1n) is 6.18. The molecule has 1 heterocycles. The molecule has 0 bridgehead atoms. The normalized spacial score (nSPS) is 10.8. The van der Waals surface area contributed by atoms with Gasteiger partial charge < -0.3 is 5.11 Å². The summed E-state index contributed by atoms with van der Waals surface area (Å²) in [5.41, 5.74) is 6.85. The first-order valence-corrected chi connectivity index (χ1v) is 6.18. The topological polar surface area (TPSA) is 55.1 Å². The number of rotatable bonds is 2. The third kappa shape index (κ3) is 2.14. The zero-order chi connectivity index (χ0) is 14.3. The summed E-state index contributed by atoms with van der Waals surface area (Å²) in [7, 11) is 1.77. The first kappa shape index (κ1) is 13.3. The molecule has 1 N–H and O–H groups in total. The van der Waals surface area contributed by atoms with Gasteiger partial charge in [-0.2, -0.15) is 5.10 Å². The average Bonchev–Trinajstić information content (AvgIpc) is 2.73. The van der Waals surface area contributed by atoms with Crippen molar-refractivity contribution in [3.8, 4) is 11.3 Å². The number of carbonyl (C=O) groups is 1. The van der Waals surface area contributed by atoms with Crippen molar-refractivity contribution in [1.82, 2.24) is 9.78 Å². The Balaban J connectivity index is 2.69. The minimum Gasteiger partial charge on any atom is -0.476 e. The Bertz CT molecular complexity index is 669. The minimum atomic E-state index is -1.000. The third-order valence-corrected chi connectivity index (χ3v) is 3.86. The van der Waals surface area contributed by atoms with Crippen LogP contribution in [0.4, 0.5) is 0 Å². The number of benzene rings is 1. The number of hydrogen-bond donors (Lipinski definition) is 1. The van der Waals surface area contributed by atoms with Crippen LogP contribution in [0.15, 0.2) is 12.1 Å². The highest BCUT2D eigenvalue weighted by molar-refractivity contribution is 5.87. The van der Waals surface area contributed by atoms with Gasteiger partial charge in [0.2, 0.25) is 0 Å². The molecular weight excluding hydrogens is 240 g/mol. The van der Waals surface area contributed by atoms with E-state index in [4.69, 9.17) is 5.11 Å². The van der Waals surface area contributed by atoms with E-state index < -0.39 is 5.97 Å². The molecule has 0 amide bonds. The van der Waals surface area contributed by atoms with Crippen molar-refractivity contribution >= 4 is 5.97 Å². The maximum atomic E-state index is 11.0. The molecule has 1 aromatic heterocycles. The Kier molecular flexibility index (Phi) is 3.18. The molecule has 0 atom stereocenters. The van der Waals surface area contributed by atoms with Crippen LogP contribution in [0.25, 0.3) is 11.3 Å². The van der Waals surface area contributed by atoms with E-state index >= 15 is 0 Å². The summed E-state index contributed by atoms with van der Waals surface area (Å²) in [6.45, 7) is 8.33. The highest BCUT2D eigenvalue weighted by Gasteiger charge is 2.16. The number of aromatic carboxylic acids is 1. The second-order valence-corrected chi connectivity index (χ2v) is 4.96. The SMILES string of the molecule is Cc1cc(-c2cc(C(=O)O)nn2C)c(C)c(C)c1C. The van der Waals surface area contributed by atoms with Gasteiger partial charge in [-0.25, -0.2) is 4.79 Å². The summed E-state index contributed by atoms with van der Waals surface area (Å²) >= 11 is 0. The lowest BCUT2D eigenvalue weighted by Crippen LogP contribution is -2.00. The highest BCUT2D eigenvalue weighted by Crippen LogP contribution is 2.29. The van der Waals surface area contributed by atoms with Gasteiger partial charge in [0.05, 0.1) is 5.69 Å². The molecule has 1 aromatic carbocycles. The van der Waals surface area contributed by atoms with Crippen LogP contribution in [0, 0.1) is 27.7 Å². The van der Waals surface area contributed by atoms with E-state index in [-0.39, 0.29) is 5.69 Å². The van der Waals surface area contributed by atoms with E-state index in [9.17, 15) is 4.79 Å². The van der Waals surface area contributed by atoms with Crippen LogP contribution >= 0.6 is 0 Å². The van der Waals surface area contributed by atoms with Crippen molar-refractivity contribution < 1.29 is 9.90 Å². The number of aromatic nitrogens is 2. The van der Waals surface area contributed by atoms with Crippen LogP contribution in [0.5, 0.6) is 0 Å². The molecule has 0 aliphatic carbocycles. The summed E-state index contributed by atoms with van der Waals surface area (Å²) in [6.07, 6.45) is 0. The number of hydrogen-bond acceptors (Lipinski definition) is 2. The zero-order valence-electron chi connectivity index (χ0n) is 11.9. The first-order chi connectivity index (χ1) is 8.82. The molecule has 0 saturated carbocycles. The fraction of sp³-hybridized carbons (Fsp3) is 0.333. The van der Waals surface area contributed by atoms with Crippen molar-refractivity contribution in [1.29, 1.82) is 0 Å². The summed E-state index contributed by atoms with van der Waals surface area (Å²) in [6, 6.07) is 3.72. The van der Waals surface area contributed by atoms with Gasteiger partial charge in [-0.3, -0.25) is 4.68 Å². The quantitative estimate of drug-likeness (QED) is 0.900. The lowest BCUT2D eigenvalue weighted by Gasteiger charge is -2.14. The summed E-state index contributed by atoms with van der Waals surface area (Å²) < 4.78 is 1.62. The maximum absolute atomic E-state index is 11.0. The molecule has 0 saturated heterocycles. The molecule has 0 aliphatic heterocycles. The fourth-order valence-electron chi connectivity index (χ4n) is 2.30. The van der Waals surface area contributed by atoms with Gasteiger partial charge in [0.15, 0.2) is 5.69 Å². The van der Waals surface area contributed by atoms with E-state index in [0.29, 0.717) is 0 Å². The van der Waals surface area contributed by atoms with E-state index in [0.717, 1.165) is 11.3 Å². The molecule has 0 fully saturated rings. The predicted octanol–water partition coefficient (Wildman–Crippen LogP) is 3.02. The Hall–Kier alpha value is -2.10. The monoisotopic (exact) mass is 258 g/mol. The zero-order valence-corrected chi connectivity index (χ0v) is 11.9. The largest absolute Gasteiger partial charge is 0.476 e. The van der Waals surface area contributed by atoms with Crippen molar-refractivity contribution in [3.05, 3.63) is 40.1 Å². The lowest BCUT2D eigenvalue weighted by atomic mass is 9.93. The van der Waals surface area contributed by atoms with Crippen LogP contribution in [0.2, 0.25) is 0 Å². The minimum absolute atomic E-state index is 0.0766. The number of carboxylic acid groups (broad SMARTS) is 1. The summed E-state index contributed by atoms with van der Waals surface area (Å²) in [4.78, 5) is 11.0. The van der Waals surface area contributed by atoms with Crippen molar-refractivity contribution in [2.24, 2.45) is 7.05 Å². The maximum Gasteiger partial charge on any atom is 0.356 e. The number of nitrogens with zero attached hydrogens (tertiary/aromatic N) is 2. The molecule has 2 aromatic rings. The van der Waals surface area contributed by atoms with Gasteiger partial charge in [0, 0.05) is 12.6 Å². The van der Waals surface area contributed by atoms with Gasteiger partial charge in [-0.1, -0.05) is 0 Å². The molecule has 0 spiro atoms. The van der Waals surface area contributed by atoms with E-state index in [1.54, 1.807) is 17.8 Å². The molecule has 4 heteroatoms. The highest BCUT2D eigenvalue weighted by atomic mass is 16.4. The third-order valence-electron chi connectivity index (χ3n) is 3.86. The van der Waals surface area contributed by atoms with E-state index in [1.165, 1.54) is 22.3 Å². The molecule has 19 heavy (non-hydrogen) atoms. The molecule has 0 aliphatic rings. The predicted molar refractivity (Wildman–Crippen MR) is 74.6 cm³/mol. The molecule has 0 radical (unpaired) electrons. The molecule has 100 valence electrons. The van der Waals surface area contributed by atoms with Crippen molar-refractivity contribution in [3.63, 3.8) is 0 Å². The second-order valence-electron chi connectivity index (χ2n) is 4.96. The Labute approximate surface area is 112 Å². The second kappa shape index (κ2) is 4.53. The van der Waals surface area contributed by atoms with E-state index in [1.807, 2.05) is 0 Å². The molecule has 0 unspecified atom stereocenters. The van der Waals surface area contributed by atoms with Crippen molar-refractivity contribution in [2.45, 2.75) is 27.7 Å². The van der Waals surface area contributed by atoms with Crippen LogP contribution in [0.3, 0.4) is 0 Å². The van der Waals surface area contributed by atoms with Crippen LogP contribution in [-0.2, 0) is 7.05 Å². The average molecular weight is 258 g/mol. The van der Waals surface area contributed by atoms with E-state index in [2.05, 4.69) is 38.9 Å². The molecular formula is C15H18N2O2. The summed E-state index contributed by atoms with van der Waals surface area (Å²) in [5.74, 6) is -1.000. The molecule has 4 nitrogen and oxygen atoms in total. The Morgan fingerprint density at radius 2 is 1.74 bits per heavy atom. The lowest BCUT2D eigenvalue weighted by molar-refractivity contribution is 0.0689. The fourth-order valence-corrected chi connectivity index (χ4v) is 2.30. The summed E-state index contributed by atoms with van der Waals surface area (Å²) in [5, 5.41) is 13.0. The number of carboxylic acids is 1. The van der Waals surface area contributed by atoms with Gasteiger partial charge in [-0.15, -0.1) is 0 Å². The van der Waals surface area contributed by atoms with Crippen LogP contribution in [0.1, 0.15) is 32.7 Å². The van der Waals surface area contributed by atoms with Gasteiger partial charge in [-0.05, 0) is 62.1 Å². The van der Waals surface area contributed by atoms with Gasteiger partial charge >= 0.3 is 5.97 Å². The van der Waals surface area contributed by atoms with Gasteiger partial charge in [0.1, 0.15) is 0 Å². The Morgan fingerprint density at radius 1 is 1.11 bits per heavy atom. The van der Waals surface area contributed by atoms with Crippen LogP contribution < -0.4 is 0 Å². The standard InChI is InChI=1S/C15H18N2O2/c1-8-6-12(11(4)10(3)9(8)2)14-7-13(15(18)19)16-17(14)5/h6-7H,1-5H3,(H,18,19). The van der Waals surface area contributed by atoms with Crippen molar-refractivity contribution in [2.75, 3.05) is 0 Å². The van der Waals surface area contributed by atoms with Crippen LogP contribution in [-0.4, -0.2) is 20.9 Å². The molecule has 2 rings (SSSR count). The number of aryl methyl sites for hydroxylation is 2. The smallest absolute Gasteiger partial charge is 0.356 e. The van der Waals surface area contributed by atoms with Gasteiger partial charge in [0.25, 0.3) is 0 Å². The Morgan fingerprint density at radius 3 is 2.26 bits per heavy atom.